The van der Waals surface area contributed by atoms with Gasteiger partial charge in [-0.2, -0.15) is 0 Å². The van der Waals surface area contributed by atoms with Gasteiger partial charge in [-0.25, -0.2) is 0 Å². The molecule has 1 aromatic carbocycles. The summed E-state index contributed by atoms with van der Waals surface area (Å²) in [6.07, 6.45) is 0. The van der Waals surface area contributed by atoms with E-state index >= 15 is 0 Å². The van der Waals surface area contributed by atoms with Gasteiger partial charge in [0, 0.05) is 10.6 Å². The van der Waals surface area contributed by atoms with Gasteiger partial charge in [0.1, 0.15) is 17.2 Å². The van der Waals surface area contributed by atoms with Gasteiger partial charge in [0.25, 0.3) is 5.91 Å². The second-order valence-corrected chi connectivity index (χ2v) is 7.74. The van der Waals surface area contributed by atoms with E-state index in [1.165, 1.54) is 4.88 Å². The van der Waals surface area contributed by atoms with E-state index in [1.807, 2.05) is 30.3 Å². The number of rotatable bonds is 3. The third-order valence-electron chi connectivity index (χ3n) is 4.04. The summed E-state index contributed by atoms with van der Waals surface area (Å²) in [5, 5.41) is 2.79. The Balaban J connectivity index is 1.66. The van der Waals surface area contributed by atoms with Gasteiger partial charge in [-0.1, -0.05) is 6.07 Å². The fourth-order valence-corrected chi connectivity index (χ4v) is 5.79. The van der Waals surface area contributed by atoms with Crippen molar-refractivity contribution in [1.29, 1.82) is 0 Å². The van der Waals surface area contributed by atoms with Crippen LogP contribution in [0.15, 0.2) is 41.8 Å². The normalized spacial score (nSPS) is 23.5. The zero-order valence-electron chi connectivity index (χ0n) is 12.3. The van der Waals surface area contributed by atoms with Gasteiger partial charge in [-0.3, -0.25) is 9.69 Å². The SMILES string of the molecule is COc1ccc(N2C(=O)[C@H]3CS[C@@H](c4cccs4)N3C2=S)cc1. The van der Waals surface area contributed by atoms with Crippen molar-refractivity contribution in [2.75, 3.05) is 17.8 Å². The Morgan fingerprint density at radius 3 is 2.70 bits per heavy atom. The molecule has 2 aliphatic heterocycles. The van der Waals surface area contributed by atoms with E-state index < -0.39 is 0 Å². The quantitative estimate of drug-likeness (QED) is 0.781. The minimum Gasteiger partial charge on any atom is -0.497 e. The van der Waals surface area contributed by atoms with Crippen LogP contribution >= 0.6 is 35.3 Å². The monoisotopic (exact) mass is 362 g/mol. The van der Waals surface area contributed by atoms with Crippen LogP contribution in [-0.2, 0) is 4.79 Å². The maximum atomic E-state index is 12.8. The van der Waals surface area contributed by atoms with Crippen LogP contribution in [0.5, 0.6) is 5.75 Å². The summed E-state index contributed by atoms with van der Waals surface area (Å²) in [7, 11) is 1.62. The highest BCUT2D eigenvalue weighted by atomic mass is 32.2. The van der Waals surface area contributed by atoms with Crippen molar-refractivity contribution in [1.82, 2.24) is 4.90 Å². The van der Waals surface area contributed by atoms with Gasteiger partial charge in [-0.05, 0) is 47.9 Å². The van der Waals surface area contributed by atoms with Gasteiger partial charge in [0.05, 0.1) is 12.8 Å². The van der Waals surface area contributed by atoms with Crippen LogP contribution in [0.2, 0.25) is 0 Å². The van der Waals surface area contributed by atoms with Gasteiger partial charge < -0.3 is 9.64 Å². The minimum atomic E-state index is -0.165. The maximum Gasteiger partial charge on any atom is 0.257 e. The average molecular weight is 363 g/mol. The molecule has 0 radical (unpaired) electrons. The molecule has 1 aromatic heterocycles. The number of carbonyl (C=O) groups is 1. The molecule has 4 nitrogen and oxygen atoms in total. The Morgan fingerprint density at radius 2 is 2.04 bits per heavy atom. The van der Waals surface area contributed by atoms with Gasteiger partial charge in [0.15, 0.2) is 5.11 Å². The smallest absolute Gasteiger partial charge is 0.257 e. The van der Waals surface area contributed by atoms with Crippen molar-refractivity contribution >= 4 is 52.0 Å². The maximum absolute atomic E-state index is 12.8. The van der Waals surface area contributed by atoms with E-state index in [1.54, 1.807) is 35.1 Å². The number of thioether (sulfide) groups is 1. The van der Waals surface area contributed by atoms with Crippen LogP contribution < -0.4 is 9.64 Å². The predicted octanol–water partition coefficient (Wildman–Crippen LogP) is 3.50. The topological polar surface area (TPSA) is 32.8 Å². The Kier molecular flexibility index (Phi) is 3.79. The molecule has 2 fully saturated rings. The van der Waals surface area contributed by atoms with Gasteiger partial charge in [0.2, 0.25) is 0 Å². The summed E-state index contributed by atoms with van der Waals surface area (Å²) in [5.41, 5.74) is 0.796. The first-order valence-corrected chi connectivity index (χ1v) is 9.49. The molecule has 2 atom stereocenters. The lowest BCUT2D eigenvalue weighted by atomic mass is 10.2. The largest absolute Gasteiger partial charge is 0.497 e. The second kappa shape index (κ2) is 5.81. The molecule has 2 saturated heterocycles. The van der Waals surface area contributed by atoms with E-state index in [0.29, 0.717) is 5.11 Å². The summed E-state index contributed by atoms with van der Waals surface area (Å²) in [5.74, 6) is 1.60. The lowest BCUT2D eigenvalue weighted by molar-refractivity contribution is -0.119. The summed E-state index contributed by atoms with van der Waals surface area (Å²) < 4.78 is 5.18. The van der Waals surface area contributed by atoms with Crippen molar-refractivity contribution in [3.05, 3.63) is 46.7 Å². The molecule has 4 rings (SSSR count). The molecule has 0 bridgehead atoms. The molecular formula is C16H14N2O2S3. The molecule has 118 valence electrons. The Hall–Kier alpha value is -1.57. The summed E-state index contributed by atoms with van der Waals surface area (Å²) in [6.45, 7) is 0. The zero-order chi connectivity index (χ0) is 16.0. The predicted molar refractivity (Wildman–Crippen MR) is 98.2 cm³/mol. The number of carbonyl (C=O) groups excluding carboxylic acids is 1. The van der Waals surface area contributed by atoms with E-state index in [2.05, 4.69) is 16.3 Å². The summed E-state index contributed by atoms with van der Waals surface area (Å²) >= 11 is 9.13. The number of thiophene rings is 1. The Labute approximate surface area is 148 Å². The van der Waals surface area contributed by atoms with Crippen LogP contribution in [-0.4, -0.2) is 34.8 Å². The molecule has 0 aliphatic carbocycles. The molecule has 0 saturated carbocycles. The second-order valence-electron chi connectivity index (χ2n) is 5.28. The molecule has 0 spiro atoms. The number of fused-ring (bicyclic) bond motifs is 1. The van der Waals surface area contributed by atoms with Crippen LogP contribution in [0.1, 0.15) is 10.3 Å². The van der Waals surface area contributed by atoms with E-state index in [4.69, 9.17) is 17.0 Å². The first kappa shape index (κ1) is 15.0. The van der Waals surface area contributed by atoms with Crippen molar-refractivity contribution in [3.8, 4) is 5.75 Å². The van der Waals surface area contributed by atoms with Crippen LogP contribution in [0, 0.1) is 0 Å². The molecule has 23 heavy (non-hydrogen) atoms. The molecule has 2 aromatic rings. The number of methoxy groups -OCH3 is 1. The van der Waals surface area contributed by atoms with Gasteiger partial charge in [-0.15, -0.1) is 23.1 Å². The highest BCUT2D eigenvalue weighted by molar-refractivity contribution is 8.00. The number of ether oxygens (including phenoxy) is 1. The van der Waals surface area contributed by atoms with E-state index in [0.717, 1.165) is 17.2 Å². The molecule has 1 amide bonds. The number of anilines is 1. The van der Waals surface area contributed by atoms with Crippen LogP contribution in [0.25, 0.3) is 0 Å². The Bertz CT molecular complexity index is 745. The van der Waals surface area contributed by atoms with Crippen molar-refractivity contribution in [3.63, 3.8) is 0 Å². The number of benzene rings is 1. The average Bonchev–Trinajstić information content (AvgIpc) is 3.28. The van der Waals surface area contributed by atoms with Crippen molar-refractivity contribution < 1.29 is 9.53 Å². The third-order valence-corrected chi connectivity index (χ3v) is 6.81. The van der Waals surface area contributed by atoms with Crippen molar-refractivity contribution in [2.24, 2.45) is 0 Å². The standard InChI is InChI=1S/C16H14N2O2S3/c1-20-11-6-4-10(5-7-11)17-14(19)12-9-23-15(18(12)16(17)21)13-3-2-8-22-13/h2-8,12,15H,9H2,1H3/t12-,15+/m1/s1. The minimum absolute atomic E-state index is 0.0618. The van der Waals surface area contributed by atoms with Crippen molar-refractivity contribution in [2.45, 2.75) is 11.4 Å². The lowest BCUT2D eigenvalue weighted by Crippen LogP contribution is -2.33. The number of nitrogens with zero attached hydrogens (tertiary/aromatic N) is 2. The summed E-state index contributed by atoms with van der Waals surface area (Å²) in [4.78, 5) is 17.8. The molecule has 3 heterocycles. The third kappa shape index (κ3) is 2.34. The zero-order valence-corrected chi connectivity index (χ0v) is 14.8. The molecule has 0 N–H and O–H groups in total. The lowest BCUT2D eigenvalue weighted by Gasteiger charge is -2.24. The first-order valence-electron chi connectivity index (χ1n) is 7.16. The fourth-order valence-electron chi connectivity index (χ4n) is 2.91. The Morgan fingerprint density at radius 1 is 1.26 bits per heavy atom. The fraction of sp³-hybridized carbons (Fsp3) is 0.250. The number of hydrogen-bond donors (Lipinski definition) is 0. The number of amides is 1. The highest BCUT2D eigenvalue weighted by Crippen LogP contribution is 2.47. The molecule has 2 aliphatic rings. The van der Waals surface area contributed by atoms with Crippen LogP contribution in [0.3, 0.4) is 0 Å². The highest BCUT2D eigenvalue weighted by Gasteiger charge is 2.51. The van der Waals surface area contributed by atoms with Crippen LogP contribution in [0.4, 0.5) is 5.69 Å². The van der Waals surface area contributed by atoms with E-state index in [9.17, 15) is 4.79 Å². The molecule has 0 unspecified atom stereocenters. The molecular weight excluding hydrogens is 348 g/mol. The first-order chi connectivity index (χ1) is 11.2. The number of thiocarbonyl (C=S) groups is 1. The van der Waals surface area contributed by atoms with Gasteiger partial charge >= 0.3 is 0 Å². The summed E-state index contributed by atoms with van der Waals surface area (Å²) in [6, 6.07) is 11.4. The van der Waals surface area contributed by atoms with E-state index in [-0.39, 0.29) is 17.3 Å². The molecule has 7 heteroatoms. The number of hydrogen-bond acceptors (Lipinski definition) is 5.